The van der Waals surface area contributed by atoms with Crippen molar-refractivity contribution in [1.29, 1.82) is 10.8 Å². The molecule has 4 N–H and O–H groups in total. The van der Waals surface area contributed by atoms with Gasteiger partial charge in [-0.2, -0.15) is 0 Å². The molecule has 1 aliphatic rings. The molecule has 2 aromatic rings. The molecule has 7 nitrogen and oxygen atoms in total. The molecule has 0 radical (unpaired) electrons. The lowest BCUT2D eigenvalue weighted by atomic mass is 10.0. The highest BCUT2D eigenvalue weighted by atomic mass is 32.2. The van der Waals surface area contributed by atoms with Crippen LogP contribution in [-0.4, -0.2) is 33.6 Å². The fraction of sp³-hybridized carbons (Fsp3) is 0.278. The molecule has 0 amide bonds. The van der Waals surface area contributed by atoms with E-state index in [-0.39, 0.29) is 12.3 Å². The number of hydrogen-bond acceptors (Lipinski definition) is 7. The number of carbonyl (C=O) groups excluding carboxylic acids is 1. The Kier molecular flexibility index (Phi) is 7.56. The van der Waals surface area contributed by atoms with Crippen molar-refractivity contribution in [3.63, 3.8) is 0 Å². The Hall–Kier alpha value is -2.88. The first-order valence-electron chi connectivity index (χ1n) is 8.19. The monoisotopic (exact) mass is 409 g/mol. The van der Waals surface area contributed by atoms with Gasteiger partial charge in [-0.1, -0.05) is 0 Å². The summed E-state index contributed by atoms with van der Waals surface area (Å²) in [6.45, 7) is 0. The molecule has 1 saturated carbocycles. The predicted molar refractivity (Wildman–Crippen MR) is 106 cm³/mol. The van der Waals surface area contributed by atoms with E-state index in [4.69, 9.17) is 21.3 Å². The number of halogens is 2. The Morgan fingerprint density at radius 1 is 1.39 bits per heavy atom. The van der Waals surface area contributed by atoms with Gasteiger partial charge in [0.25, 0.3) is 6.43 Å². The second-order valence-electron chi connectivity index (χ2n) is 5.80. The van der Waals surface area contributed by atoms with Crippen LogP contribution in [0.5, 0.6) is 5.75 Å². The zero-order chi connectivity index (χ0) is 20.7. The zero-order valence-corrected chi connectivity index (χ0v) is 15.8. The molecule has 2 aromatic heterocycles. The van der Waals surface area contributed by atoms with Crippen LogP contribution < -0.4 is 10.5 Å². The first-order chi connectivity index (χ1) is 13.4. The molecule has 150 valence electrons. The second kappa shape index (κ2) is 9.88. The van der Waals surface area contributed by atoms with Crippen LogP contribution in [0.25, 0.3) is 11.1 Å². The number of hydrogen-bond donors (Lipinski definition) is 3. The molecule has 1 fully saturated rings. The summed E-state index contributed by atoms with van der Waals surface area (Å²) in [5.41, 5.74) is 5.83. The van der Waals surface area contributed by atoms with Crippen LogP contribution in [-0.2, 0) is 0 Å². The van der Waals surface area contributed by atoms with E-state index in [1.807, 2.05) is 0 Å². The molecule has 0 unspecified atom stereocenters. The quantitative estimate of drug-likeness (QED) is 0.387. The maximum Gasteiger partial charge on any atom is 0.280 e. The van der Waals surface area contributed by atoms with E-state index in [1.165, 1.54) is 37.8 Å². The van der Waals surface area contributed by atoms with Crippen LogP contribution in [0.4, 0.5) is 8.78 Å². The van der Waals surface area contributed by atoms with Crippen molar-refractivity contribution >= 4 is 28.3 Å². The summed E-state index contributed by atoms with van der Waals surface area (Å²) < 4.78 is 30.5. The molecule has 0 atom stereocenters. The lowest BCUT2D eigenvalue weighted by molar-refractivity contribution is 0.112. The number of methoxy groups -OCH3 is 1. The summed E-state index contributed by atoms with van der Waals surface area (Å²) in [5.74, 6) is 0.736. The molecule has 1 aliphatic carbocycles. The van der Waals surface area contributed by atoms with Crippen LogP contribution in [0, 0.1) is 16.7 Å². The molecular weight excluding hydrogens is 388 g/mol. The van der Waals surface area contributed by atoms with Crippen molar-refractivity contribution in [3.8, 4) is 16.9 Å². The van der Waals surface area contributed by atoms with Crippen molar-refractivity contribution in [2.75, 3.05) is 7.11 Å². The highest BCUT2D eigenvalue weighted by Gasteiger charge is 2.27. The number of carbonyl (C=O) groups is 1. The molecule has 28 heavy (non-hydrogen) atoms. The van der Waals surface area contributed by atoms with Crippen LogP contribution >= 0.6 is 11.8 Å². The van der Waals surface area contributed by atoms with Crippen LogP contribution in [0.1, 0.15) is 36.7 Å². The van der Waals surface area contributed by atoms with E-state index in [9.17, 15) is 13.6 Å². The number of pyridine rings is 2. The molecule has 0 bridgehead atoms. The van der Waals surface area contributed by atoms with Gasteiger partial charge in [-0.15, -0.1) is 0 Å². The van der Waals surface area contributed by atoms with Gasteiger partial charge in [0.2, 0.25) is 0 Å². The normalized spacial score (nSPS) is 12.7. The maximum atomic E-state index is 12.7. The Morgan fingerprint density at radius 2 is 2.11 bits per heavy atom. The topological polar surface area (TPSA) is 126 Å². The number of nitrogens with zero attached hydrogens (tertiary/aromatic N) is 2. The minimum Gasteiger partial charge on any atom is -0.494 e. The lowest BCUT2D eigenvalue weighted by Gasteiger charge is -2.11. The predicted octanol–water partition coefficient (Wildman–Crippen LogP) is 4.15. The van der Waals surface area contributed by atoms with Crippen LogP contribution in [0.3, 0.4) is 0 Å². The van der Waals surface area contributed by atoms with Gasteiger partial charge >= 0.3 is 0 Å². The van der Waals surface area contributed by atoms with Gasteiger partial charge in [-0.05, 0) is 36.7 Å². The largest absolute Gasteiger partial charge is 0.494 e. The summed E-state index contributed by atoms with van der Waals surface area (Å²) in [7, 11) is 1.40. The molecular formula is C18H21F2N5O2S. The molecule has 0 aliphatic heterocycles. The number of nitrogens with one attached hydrogen (secondary N) is 2. The fourth-order valence-electron chi connectivity index (χ4n) is 2.23. The van der Waals surface area contributed by atoms with Crippen molar-refractivity contribution in [3.05, 3.63) is 42.0 Å². The standard InChI is InChI=1S/C13H10F2N2O2.C5H9N3S.H2/c1-19-12-6-17-11(13(14)15)4-9(12)10-5-16-3-2-8(10)7-18;6-4(3-1-2-3)9-5(7)8;/h2-7,13H,1H3;3,6H,1-2H2,(H3,7,8);1H. The summed E-state index contributed by atoms with van der Waals surface area (Å²) in [5, 5.41) is 14.7. The summed E-state index contributed by atoms with van der Waals surface area (Å²) in [6, 6.07) is 2.71. The fourth-order valence-corrected chi connectivity index (χ4v) is 2.87. The van der Waals surface area contributed by atoms with E-state index >= 15 is 0 Å². The average molecular weight is 409 g/mol. The van der Waals surface area contributed by atoms with E-state index in [2.05, 4.69) is 9.97 Å². The third-order valence-corrected chi connectivity index (χ3v) is 4.55. The first kappa shape index (κ1) is 21.4. The number of amidine groups is 1. The smallest absolute Gasteiger partial charge is 0.280 e. The van der Waals surface area contributed by atoms with E-state index in [1.54, 1.807) is 0 Å². The van der Waals surface area contributed by atoms with Crippen molar-refractivity contribution in [2.24, 2.45) is 11.7 Å². The Bertz CT molecular complexity index is 881. The molecule has 0 spiro atoms. The summed E-state index contributed by atoms with van der Waals surface area (Å²) >= 11 is 1.07. The molecule has 0 aromatic carbocycles. The Labute approximate surface area is 166 Å². The van der Waals surface area contributed by atoms with Gasteiger partial charge in [0, 0.05) is 36.4 Å². The average Bonchev–Trinajstić information content (AvgIpc) is 3.52. The highest BCUT2D eigenvalue weighted by Crippen LogP contribution is 2.34. The van der Waals surface area contributed by atoms with E-state index in [0.717, 1.165) is 24.6 Å². The number of ether oxygens (including phenoxy) is 1. The lowest BCUT2D eigenvalue weighted by Crippen LogP contribution is -2.08. The molecule has 3 rings (SSSR count). The summed E-state index contributed by atoms with van der Waals surface area (Å²) in [6.07, 6.45) is 4.25. The van der Waals surface area contributed by atoms with Gasteiger partial charge in [0.1, 0.15) is 11.4 Å². The van der Waals surface area contributed by atoms with Gasteiger partial charge in [-0.25, -0.2) is 8.78 Å². The van der Waals surface area contributed by atoms with Crippen LogP contribution in [0.15, 0.2) is 30.7 Å². The summed E-state index contributed by atoms with van der Waals surface area (Å²) in [4.78, 5) is 18.5. The number of alkyl halides is 2. The third kappa shape index (κ3) is 5.81. The van der Waals surface area contributed by atoms with Crippen molar-refractivity contribution in [2.45, 2.75) is 19.3 Å². The SMILES string of the molecule is COc1cnc(C(F)F)cc1-c1cnccc1C=O.N=C(N)SC(=N)C1CC1.[HH]. The number of nitrogens with two attached hydrogens (primary N) is 1. The number of thioether (sulfide) groups is 1. The Morgan fingerprint density at radius 3 is 2.64 bits per heavy atom. The second-order valence-corrected chi connectivity index (χ2v) is 6.88. The maximum absolute atomic E-state index is 12.7. The van der Waals surface area contributed by atoms with Crippen molar-refractivity contribution < 1.29 is 19.7 Å². The molecule has 2 heterocycles. The highest BCUT2D eigenvalue weighted by molar-refractivity contribution is 8.26. The van der Waals surface area contributed by atoms with Gasteiger partial charge in [0.15, 0.2) is 11.5 Å². The minimum atomic E-state index is -2.69. The Balaban J connectivity index is 0.000000355. The third-order valence-electron chi connectivity index (χ3n) is 3.77. The first-order valence-corrected chi connectivity index (χ1v) is 9.01. The molecule has 10 heteroatoms. The van der Waals surface area contributed by atoms with Gasteiger partial charge in [-0.3, -0.25) is 25.6 Å². The number of aromatic nitrogens is 2. The number of aldehydes is 1. The zero-order valence-electron chi connectivity index (χ0n) is 15.0. The molecule has 0 saturated heterocycles. The van der Waals surface area contributed by atoms with E-state index < -0.39 is 6.43 Å². The van der Waals surface area contributed by atoms with Crippen molar-refractivity contribution in [1.82, 2.24) is 9.97 Å². The van der Waals surface area contributed by atoms with Crippen LogP contribution in [0.2, 0.25) is 0 Å². The number of rotatable bonds is 5. The van der Waals surface area contributed by atoms with E-state index in [0.29, 0.717) is 39.7 Å². The van der Waals surface area contributed by atoms with Gasteiger partial charge < -0.3 is 10.5 Å². The van der Waals surface area contributed by atoms with Gasteiger partial charge in [0.05, 0.1) is 18.4 Å². The minimum absolute atomic E-state index is 0.